The second kappa shape index (κ2) is 4.21. The molecule has 0 saturated carbocycles. The predicted molar refractivity (Wildman–Crippen MR) is 51.4 cm³/mol. The molecule has 13 heavy (non-hydrogen) atoms. The minimum absolute atomic E-state index is 0.137. The summed E-state index contributed by atoms with van der Waals surface area (Å²) < 4.78 is 10.3. The molecule has 0 aliphatic rings. The highest BCUT2D eigenvalue weighted by molar-refractivity contribution is 7.36. The van der Waals surface area contributed by atoms with Crippen LogP contribution in [-0.2, 0) is 11.0 Å². The molecule has 1 aromatic carbocycles. The summed E-state index contributed by atoms with van der Waals surface area (Å²) >= 11 is 0. The maximum Gasteiger partial charge on any atom is 0.309 e. The van der Waals surface area contributed by atoms with Crippen LogP contribution in [-0.4, -0.2) is 6.16 Å². The number of hydrogen-bond donors (Lipinski definition) is 2. The standard InChI is InChI=1S/C8H11N2O2P/c9-7-3-6(1-2-13(11)12)4-8(10)5-7/h3-5H,1-2,9-10H2. The van der Waals surface area contributed by atoms with E-state index in [-0.39, 0.29) is 6.16 Å². The first-order valence-electron chi connectivity index (χ1n) is 3.84. The van der Waals surface area contributed by atoms with Gasteiger partial charge in [0.05, 0.1) is 0 Å². The molecule has 4 N–H and O–H groups in total. The first-order chi connectivity index (χ1) is 6.08. The molecule has 0 radical (unpaired) electrons. The van der Waals surface area contributed by atoms with Crippen LogP contribution in [0.5, 0.6) is 0 Å². The number of rotatable bonds is 3. The van der Waals surface area contributed by atoms with E-state index in [1.807, 2.05) is 0 Å². The highest BCUT2D eigenvalue weighted by Crippen LogP contribution is 2.17. The molecule has 0 bridgehead atoms. The Morgan fingerprint density at radius 3 is 2.23 bits per heavy atom. The first-order valence-corrected chi connectivity index (χ1v) is 5.21. The van der Waals surface area contributed by atoms with Gasteiger partial charge in [0.25, 0.3) is 0 Å². The second-order valence-corrected chi connectivity index (χ2v) is 3.93. The summed E-state index contributed by atoms with van der Waals surface area (Å²) in [5, 5.41) is 0. The van der Waals surface area contributed by atoms with Crippen molar-refractivity contribution in [3.8, 4) is 0 Å². The lowest BCUT2D eigenvalue weighted by molar-refractivity contribution is -0.164. The van der Waals surface area contributed by atoms with Crippen molar-refractivity contribution in [1.29, 1.82) is 0 Å². The fourth-order valence-corrected chi connectivity index (χ4v) is 1.55. The van der Waals surface area contributed by atoms with Gasteiger partial charge >= 0.3 is 8.03 Å². The predicted octanol–water partition coefficient (Wildman–Crippen LogP) is 0.496. The van der Waals surface area contributed by atoms with Crippen molar-refractivity contribution in [2.75, 3.05) is 17.6 Å². The van der Waals surface area contributed by atoms with Crippen LogP contribution in [0.25, 0.3) is 0 Å². The Hall–Kier alpha value is -1.12. The van der Waals surface area contributed by atoms with Crippen molar-refractivity contribution in [2.45, 2.75) is 6.42 Å². The van der Waals surface area contributed by atoms with Crippen molar-refractivity contribution in [1.82, 2.24) is 0 Å². The van der Waals surface area contributed by atoms with Gasteiger partial charge in [-0.15, -0.1) is 0 Å². The molecule has 0 amide bonds. The topological polar surface area (TPSA) is 92.2 Å². The van der Waals surface area contributed by atoms with E-state index in [0.29, 0.717) is 17.8 Å². The van der Waals surface area contributed by atoms with Gasteiger partial charge in [0, 0.05) is 17.8 Å². The molecule has 70 valence electrons. The molecule has 1 atom stereocenters. The molecule has 0 aromatic heterocycles. The van der Waals surface area contributed by atoms with E-state index < -0.39 is 8.03 Å². The number of nitrogen functional groups attached to an aromatic ring is 2. The monoisotopic (exact) mass is 198 g/mol. The van der Waals surface area contributed by atoms with Crippen molar-refractivity contribution in [3.63, 3.8) is 0 Å². The summed E-state index contributed by atoms with van der Waals surface area (Å²) in [6, 6.07) is 5.10. The van der Waals surface area contributed by atoms with E-state index in [1.54, 1.807) is 18.2 Å². The van der Waals surface area contributed by atoms with Crippen molar-refractivity contribution >= 4 is 19.4 Å². The Morgan fingerprint density at radius 1 is 1.23 bits per heavy atom. The van der Waals surface area contributed by atoms with Crippen LogP contribution in [0, 0.1) is 0 Å². The Balaban J connectivity index is 2.71. The van der Waals surface area contributed by atoms with Gasteiger partial charge in [0.2, 0.25) is 0 Å². The third-order valence-corrected chi connectivity index (χ3v) is 2.21. The fourth-order valence-electron chi connectivity index (χ4n) is 1.11. The molecule has 0 aliphatic carbocycles. The summed E-state index contributed by atoms with van der Waals surface area (Å²) in [7, 11) is -2.33. The van der Waals surface area contributed by atoms with Crippen LogP contribution in [0.2, 0.25) is 0 Å². The van der Waals surface area contributed by atoms with Gasteiger partial charge in [-0.1, -0.05) is 4.57 Å². The smallest absolute Gasteiger partial charge is 0.309 e. The van der Waals surface area contributed by atoms with Gasteiger partial charge in [-0.3, -0.25) is 0 Å². The molecule has 1 unspecified atom stereocenters. The zero-order chi connectivity index (χ0) is 9.84. The summed E-state index contributed by atoms with van der Waals surface area (Å²) in [6.07, 6.45) is 0.603. The Morgan fingerprint density at radius 2 is 1.77 bits per heavy atom. The highest BCUT2D eigenvalue weighted by atomic mass is 31.1. The van der Waals surface area contributed by atoms with E-state index in [0.717, 1.165) is 5.56 Å². The summed E-state index contributed by atoms with van der Waals surface area (Å²) in [5.74, 6) is 0. The zero-order valence-electron chi connectivity index (χ0n) is 7.06. The molecule has 0 saturated heterocycles. The molecular formula is C8H11N2O2P. The summed E-state index contributed by atoms with van der Waals surface area (Å²) in [5.41, 5.74) is 13.1. The molecule has 0 spiro atoms. The van der Waals surface area contributed by atoms with Crippen LogP contribution in [0.4, 0.5) is 11.4 Å². The molecule has 0 aliphatic heterocycles. The van der Waals surface area contributed by atoms with E-state index in [1.165, 1.54) is 0 Å². The summed E-state index contributed by atoms with van der Waals surface area (Å²) in [6.45, 7) is 0. The van der Waals surface area contributed by atoms with E-state index in [9.17, 15) is 9.46 Å². The zero-order valence-corrected chi connectivity index (χ0v) is 7.96. The van der Waals surface area contributed by atoms with Crippen LogP contribution in [0.15, 0.2) is 18.2 Å². The Kier molecular flexibility index (Phi) is 3.23. The summed E-state index contributed by atoms with van der Waals surface area (Å²) in [4.78, 5) is 10.3. The molecule has 0 heterocycles. The Labute approximate surface area is 77.4 Å². The molecule has 1 rings (SSSR count). The maximum atomic E-state index is 10.3. The van der Waals surface area contributed by atoms with Gasteiger partial charge in [-0.05, 0) is 23.8 Å². The molecular weight excluding hydrogens is 187 g/mol. The molecule has 5 heteroatoms. The first kappa shape index (κ1) is 9.96. The normalized spacial score (nSPS) is 11.3. The van der Waals surface area contributed by atoms with E-state index in [2.05, 4.69) is 0 Å². The van der Waals surface area contributed by atoms with Gasteiger partial charge in [0.15, 0.2) is 0 Å². The lowest BCUT2D eigenvalue weighted by Gasteiger charge is -2.01. The van der Waals surface area contributed by atoms with Crippen LogP contribution in [0.1, 0.15) is 5.56 Å². The van der Waals surface area contributed by atoms with Crippen molar-refractivity contribution in [3.05, 3.63) is 23.8 Å². The molecule has 0 fully saturated rings. The van der Waals surface area contributed by atoms with Crippen LogP contribution in [0.3, 0.4) is 0 Å². The number of benzene rings is 1. The molecule has 4 nitrogen and oxygen atoms in total. The minimum atomic E-state index is -2.33. The minimum Gasteiger partial charge on any atom is -0.596 e. The van der Waals surface area contributed by atoms with Gasteiger partial charge in [-0.2, -0.15) is 0 Å². The number of hydrogen-bond acceptors (Lipinski definition) is 4. The third-order valence-electron chi connectivity index (χ3n) is 1.62. The van der Waals surface area contributed by atoms with E-state index >= 15 is 0 Å². The lowest BCUT2D eigenvalue weighted by Crippen LogP contribution is -1.98. The molecule has 1 aromatic rings. The van der Waals surface area contributed by atoms with Crippen LogP contribution >= 0.6 is 8.03 Å². The maximum absolute atomic E-state index is 10.3. The quantitative estimate of drug-likeness (QED) is 0.546. The van der Waals surface area contributed by atoms with Gasteiger partial charge < -0.3 is 16.4 Å². The average molecular weight is 198 g/mol. The Bertz CT molecular complexity index is 308. The van der Waals surface area contributed by atoms with Crippen molar-refractivity contribution < 1.29 is 9.46 Å². The van der Waals surface area contributed by atoms with Gasteiger partial charge in [-0.25, -0.2) is 0 Å². The SMILES string of the molecule is Nc1cc(N)cc(CC[P+](=O)[O-])c1. The van der Waals surface area contributed by atoms with Crippen LogP contribution < -0.4 is 16.4 Å². The van der Waals surface area contributed by atoms with E-state index in [4.69, 9.17) is 11.5 Å². The third kappa shape index (κ3) is 3.40. The average Bonchev–Trinajstić information content (AvgIpc) is 1.99. The van der Waals surface area contributed by atoms with Crippen molar-refractivity contribution in [2.24, 2.45) is 0 Å². The lowest BCUT2D eigenvalue weighted by atomic mass is 10.1. The number of aryl methyl sites for hydroxylation is 1. The largest absolute Gasteiger partial charge is 0.596 e. The number of nitrogens with two attached hydrogens (primary N) is 2. The van der Waals surface area contributed by atoms with Gasteiger partial charge in [0.1, 0.15) is 6.16 Å². The fraction of sp³-hybridized carbons (Fsp3) is 0.250. The number of anilines is 2. The second-order valence-electron chi connectivity index (χ2n) is 2.81. The highest BCUT2D eigenvalue weighted by Gasteiger charge is 2.03.